The summed E-state index contributed by atoms with van der Waals surface area (Å²) < 4.78 is 0. The number of aryl methyl sites for hydroxylation is 1. The van der Waals surface area contributed by atoms with Crippen LogP contribution in [0.4, 0.5) is 0 Å². The molecule has 0 aliphatic heterocycles. The monoisotopic (exact) mass is 327 g/mol. The Morgan fingerprint density at radius 3 is 2.57 bits per heavy atom. The highest BCUT2D eigenvalue weighted by Crippen LogP contribution is 2.20. The van der Waals surface area contributed by atoms with Crippen LogP contribution in [0.1, 0.15) is 26.4 Å². The van der Waals surface area contributed by atoms with Crippen molar-refractivity contribution >= 4 is 17.2 Å². The second-order valence-corrected chi connectivity index (χ2v) is 6.71. The maximum Gasteiger partial charge on any atom is 0.255 e. The molecule has 0 saturated heterocycles. The van der Waals surface area contributed by atoms with Crippen molar-refractivity contribution in [1.29, 1.82) is 5.26 Å². The minimum atomic E-state index is -0.0863. The minimum Gasteiger partial charge on any atom is -0.332 e. The van der Waals surface area contributed by atoms with Gasteiger partial charge in [-0.2, -0.15) is 5.26 Å². The summed E-state index contributed by atoms with van der Waals surface area (Å²) in [5, 5.41) is 11.3. The van der Waals surface area contributed by atoms with Gasteiger partial charge < -0.3 is 9.80 Å². The van der Waals surface area contributed by atoms with E-state index in [9.17, 15) is 10.1 Å². The summed E-state index contributed by atoms with van der Waals surface area (Å²) in [5.74, 6) is -0.0863. The Kier molecular flexibility index (Phi) is 5.91. The van der Waals surface area contributed by atoms with Crippen LogP contribution < -0.4 is 0 Å². The number of hydrogen-bond acceptors (Lipinski definition) is 4. The second-order valence-electron chi connectivity index (χ2n) is 5.71. The van der Waals surface area contributed by atoms with Gasteiger partial charge in [0.2, 0.25) is 0 Å². The topological polar surface area (TPSA) is 47.3 Å². The average molecular weight is 327 g/mol. The van der Waals surface area contributed by atoms with Crippen LogP contribution in [0.5, 0.6) is 0 Å². The molecular formula is C18H21N3OS. The van der Waals surface area contributed by atoms with Crippen molar-refractivity contribution in [2.45, 2.75) is 13.5 Å². The number of likely N-dealkylation sites (N-methyl/N-ethyl adjacent to an activating group) is 1. The van der Waals surface area contributed by atoms with E-state index >= 15 is 0 Å². The Hall–Kier alpha value is -2.16. The normalized spacial score (nSPS) is 10.6. The largest absolute Gasteiger partial charge is 0.332 e. The number of hydrogen-bond donors (Lipinski definition) is 0. The lowest BCUT2D eigenvalue weighted by atomic mass is 10.1. The van der Waals surface area contributed by atoms with E-state index in [0.29, 0.717) is 24.2 Å². The third-order valence-electron chi connectivity index (χ3n) is 3.68. The molecule has 0 aliphatic rings. The molecule has 0 N–H and O–H groups in total. The highest BCUT2D eigenvalue weighted by molar-refractivity contribution is 7.10. The molecule has 1 amide bonds. The summed E-state index contributed by atoms with van der Waals surface area (Å²) in [4.78, 5) is 18.0. The van der Waals surface area contributed by atoms with Crippen molar-refractivity contribution in [3.05, 3.63) is 57.3 Å². The van der Waals surface area contributed by atoms with Crippen molar-refractivity contribution in [3.8, 4) is 6.07 Å². The Morgan fingerprint density at radius 1 is 1.22 bits per heavy atom. The molecule has 0 fully saturated rings. The zero-order chi connectivity index (χ0) is 16.8. The van der Waals surface area contributed by atoms with Crippen molar-refractivity contribution < 1.29 is 4.79 Å². The van der Waals surface area contributed by atoms with Crippen LogP contribution in [0.25, 0.3) is 0 Å². The Bertz CT molecular complexity index is 715. The molecule has 0 saturated carbocycles. The van der Waals surface area contributed by atoms with E-state index in [2.05, 4.69) is 24.0 Å². The molecule has 0 spiro atoms. The molecule has 2 rings (SSSR count). The van der Waals surface area contributed by atoms with Gasteiger partial charge in [-0.25, -0.2) is 0 Å². The maximum atomic E-state index is 12.9. The minimum absolute atomic E-state index is 0.0863. The lowest BCUT2D eigenvalue weighted by molar-refractivity contribution is 0.0733. The van der Waals surface area contributed by atoms with E-state index in [1.807, 2.05) is 24.4 Å². The van der Waals surface area contributed by atoms with Crippen LogP contribution in [0.2, 0.25) is 0 Å². The van der Waals surface area contributed by atoms with E-state index in [0.717, 1.165) is 6.54 Å². The number of nitriles is 1. The summed E-state index contributed by atoms with van der Waals surface area (Å²) in [7, 11) is 3.98. The van der Waals surface area contributed by atoms with Gasteiger partial charge in [0.1, 0.15) is 0 Å². The predicted molar refractivity (Wildman–Crippen MR) is 93.5 cm³/mol. The average Bonchev–Trinajstić information content (AvgIpc) is 2.95. The predicted octanol–water partition coefficient (Wildman–Crippen LogP) is 3.13. The lowest BCUT2D eigenvalue weighted by Crippen LogP contribution is -2.36. The van der Waals surface area contributed by atoms with Gasteiger partial charge in [-0.3, -0.25) is 4.79 Å². The zero-order valence-corrected chi connectivity index (χ0v) is 14.6. The third kappa shape index (κ3) is 4.41. The molecule has 4 nitrogen and oxygen atoms in total. The fourth-order valence-electron chi connectivity index (χ4n) is 2.25. The fraction of sp³-hybridized carbons (Fsp3) is 0.333. The van der Waals surface area contributed by atoms with Crippen LogP contribution in [0.3, 0.4) is 0 Å². The molecule has 5 heteroatoms. The van der Waals surface area contributed by atoms with Crippen LogP contribution in [0.15, 0.2) is 35.7 Å². The number of rotatable bonds is 6. The smallest absolute Gasteiger partial charge is 0.255 e. The highest BCUT2D eigenvalue weighted by Gasteiger charge is 2.20. The van der Waals surface area contributed by atoms with Crippen LogP contribution in [0, 0.1) is 18.3 Å². The van der Waals surface area contributed by atoms with Gasteiger partial charge in [-0.1, -0.05) is 12.1 Å². The van der Waals surface area contributed by atoms with Crippen molar-refractivity contribution in [2.24, 2.45) is 0 Å². The van der Waals surface area contributed by atoms with E-state index in [4.69, 9.17) is 0 Å². The van der Waals surface area contributed by atoms with Gasteiger partial charge >= 0.3 is 0 Å². The molecule has 2 aromatic rings. The molecule has 0 unspecified atom stereocenters. The number of benzene rings is 1. The molecular weight excluding hydrogens is 306 g/mol. The van der Waals surface area contributed by atoms with Crippen molar-refractivity contribution in [1.82, 2.24) is 9.80 Å². The number of thiophene rings is 1. The Balaban J connectivity index is 2.27. The summed E-state index contributed by atoms with van der Waals surface area (Å²) in [6.45, 7) is 4.05. The van der Waals surface area contributed by atoms with E-state index < -0.39 is 0 Å². The fourth-order valence-corrected chi connectivity index (χ4v) is 3.17. The summed E-state index contributed by atoms with van der Waals surface area (Å²) >= 11 is 1.66. The van der Waals surface area contributed by atoms with Crippen LogP contribution >= 0.6 is 11.3 Å². The molecule has 0 aliphatic carbocycles. The Morgan fingerprint density at radius 2 is 1.96 bits per heavy atom. The standard InChI is InChI=1S/C18H21N3OS/c1-14-8-11-23-17(14)13-21(10-9-20(2)3)18(22)16-7-5-4-6-15(16)12-19/h4-8,11H,9-10,13H2,1-3H3. The summed E-state index contributed by atoms with van der Waals surface area (Å²) in [6, 6.07) is 11.2. The maximum absolute atomic E-state index is 12.9. The molecule has 1 heterocycles. The lowest BCUT2D eigenvalue weighted by Gasteiger charge is -2.25. The first-order valence-corrected chi connectivity index (χ1v) is 8.37. The van der Waals surface area contributed by atoms with Gasteiger partial charge in [0, 0.05) is 18.0 Å². The number of nitrogens with zero attached hydrogens (tertiary/aromatic N) is 3. The second kappa shape index (κ2) is 7.91. The van der Waals surface area contributed by atoms with Crippen LogP contribution in [-0.2, 0) is 6.54 Å². The number of carbonyl (C=O) groups is 1. The first-order chi connectivity index (χ1) is 11.0. The number of amides is 1. The number of carbonyl (C=O) groups excluding carboxylic acids is 1. The van der Waals surface area contributed by atoms with Gasteiger partial charge in [-0.05, 0) is 50.2 Å². The molecule has 23 heavy (non-hydrogen) atoms. The van der Waals surface area contributed by atoms with Crippen molar-refractivity contribution in [2.75, 3.05) is 27.2 Å². The van der Waals surface area contributed by atoms with E-state index in [-0.39, 0.29) is 5.91 Å². The van der Waals surface area contributed by atoms with Gasteiger partial charge in [0.05, 0.1) is 23.7 Å². The zero-order valence-electron chi connectivity index (χ0n) is 13.7. The molecule has 1 aromatic heterocycles. The third-order valence-corrected chi connectivity index (χ3v) is 4.69. The quantitative estimate of drug-likeness (QED) is 0.819. The molecule has 0 bridgehead atoms. The summed E-state index contributed by atoms with van der Waals surface area (Å²) in [5.41, 5.74) is 2.10. The van der Waals surface area contributed by atoms with Gasteiger partial charge in [-0.15, -0.1) is 11.3 Å². The molecule has 0 atom stereocenters. The van der Waals surface area contributed by atoms with Crippen molar-refractivity contribution in [3.63, 3.8) is 0 Å². The van der Waals surface area contributed by atoms with E-state index in [1.54, 1.807) is 35.6 Å². The highest BCUT2D eigenvalue weighted by atomic mass is 32.1. The van der Waals surface area contributed by atoms with Gasteiger partial charge in [0.25, 0.3) is 5.91 Å². The SMILES string of the molecule is Cc1ccsc1CN(CCN(C)C)C(=O)c1ccccc1C#N. The summed E-state index contributed by atoms with van der Waals surface area (Å²) in [6.07, 6.45) is 0. The van der Waals surface area contributed by atoms with Gasteiger partial charge in [0.15, 0.2) is 0 Å². The molecule has 120 valence electrons. The molecule has 1 aromatic carbocycles. The Labute approximate surface area is 141 Å². The first-order valence-electron chi connectivity index (χ1n) is 7.49. The molecule has 0 radical (unpaired) electrons. The van der Waals surface area contributed by atoms with E-state index in [1.165, 1.54) is 10.4 Å². The first kappa shape index (κ1) is 17.2. The van der Waals surface area contributed by atoms with Crippen LogP contribution in [-0.4, -0.2) is 42.9 Å².